The lowest BCUT2D eigenvalue weighted by Crippen LogP contribution is -2.42. The molecule has 0 aromatic heterocycles. The fourth-order valence-electron chi connectivity index (χ4n) is 2.14. The summed E-state index contributed by atoms with van der Waals surface area (Å²) in [5, 5.41) is 9.45. The van der Waals surface area contributed by atoms with Crippen LogP contribution in [0.25, 0.3) is 0 Å². The van der Waals surface area contributed by atoms with Gasteiger partial charge in [-0.15, -0.1) is 0 Å². The molecule has 1 fully saturated rings. The maximum atomic E-state index is 11.9. The number of nitrogens with zero attached hydrogens (tertiary/aromatic N) is 1. The Bertz CT molecular complexity index is 421. The zero-order valence-electron chi connectivity index (χ0n) is 10.7. The van der Waals surface area contributed by atoms with Crippen LogP contribution in [0, 0.1) is 0 Å². The number of ether oxygens (including phenoxy) is 1. The van der Waals surface area contributed by atoms with Gasteiger partial charge in [-0.2, -0.15) is 0 Å². The van der Waals surface area contributed by atoms with E-state index in [1.165, 1.54) is 0 Å². The topological polar surface area (TPSA) is 49.8 Å². The first-order valence-corrected chi connectivity index (χ1v) is 6.84. The molecule has 5 heteroatoms. The average molecular weight is 284 g/mol. The van der Waals surface area contributed by atoms with Crippen LogP contribution in [0.3, 0.4) is 0 Å². The van der Waals surface area contributed by atoms with Crippen LogP contribution >= 0.6 is 11.6 Å². The molecule has 0 aliphatic carbocycles. The first kappa shape index (κ1) is 14.3. The number of carbonyl (C=O) groups excluding carboxylic acids is 1. The normalized spacial score (nSPS) is 19.5. The Morgan fingerprint density at radius 2 is 2.16 bits per heavy atom. The van der Waals surface area contributed by atoms with Gasteiger partial charge in [-0.25, -0.2) is 0 Å². The minimum atomic E-state index is -0.0934. The quantitative estimate of drug-likeness (QED) is 0.920. The molecule has 1 heterocycles. The van der Waals surface area contributed by atoms with Crippen molar-refractivity contribution in [2.45, 2.75) is 18.9 Å². The summed E-state index contributed by atoms with van der Waals surface area (Å²) in [4.78, 5) is 13.7. The minimum Gasteiger partial charge on any atom is -0.396 e. The molecular weight excluding hydrogens is 266 g/mol. The molecular formula is C14H18ClNO3. The second kappa shape index (κ2) is 6.89. The highest BCUT2D eigenvalue weighted by molar-refractivity contribution is 6.30. The second-order valence-electron chi connectivity index (χ2n) is 4.58. The van der Waals surface area contributed by atoms with Crippen LogP contribution in [0.4, 0.5) is 0 Å². The van der Waals surface area contributed by atoms with E-state index in [0.717, 1.165) is 5.56 Å². The third-order valence-corrected chi connectivity index (χ3v) is 3.46. The molecule has 1 N–H and O–H groups in total. The lowest BCUT2D eigenvalue weighted by Gasteiger charge is -2.33. The zero-order chi connectivity index (χ0) is 13.7. The smallest absolute Gasteiger partial charge is 0.222 e. The van der Waals surface area contributed by atoms with Crippen molar-refractivity contribution in [1.29, 1.82) is 0 Å². The number of hydrogen-bond acceptors (Lipinski definition) is 3. The van der Waals surface area contributed by atoms with Gasteiger partial charge in [0.25, 0.3) is 0 Å². The number of rotatable bonds is 4. The van der Waals surface area contributed by atoms with Crippen molar-refractivity contribution in [2.24, 2.45) is 0 Å². The molecule has 0 saturated carbocycles. The van der Waals surface area contributed by atoms with E-state index in [4.69, 9.17) is 21.4 Å². The zero-order valence-corrected chi connectivity index (χ0v) is 11.5. The third-order valence-electron chi connectivity index (χ3n) is 3.21. The first-order chi connectivity index (χ1) is 9.20. The molecule has 1 aliphatic rings. The van der Waals surface area contributed by atoms with Crippen molar-refractivity contribution in [3.05, 3.63) is 34.9 Å². The SMILES string of the molecule is O=C(CCCO)N1CCOC(c2ccc(Cl)cc2)C1. The Morgan fingerprint density at radius 1 is 1.42 bits per heavy atom. The van der Waals surface area contributed by atoms with Gasteiger partial charge in [0, 0.05) is 24.6 Å². The molecule has 1 amide bonds. The van der Waals surface area contributed by atoms with E-state index in [-0.39, 0.29) is 18.6 Å². The molecule has 1 aromatic carbocycles. The van der Waals surface area contributed by atoms with Crippen LogP contribution in [0.5, 0.6) is 0 Å². The number of aliphatic hydroxyl groups is 1. The number of morpholine rings is 1. The van der Waals surface area contributed by atoms with Gasteiger partial charge in [-0.3, -0.25) is 4.79 Å². The molecule has 19 heavy (non-hydrogen) atoms. The summed E-state index contributed by atoms with van der Waals surface area (Å²) in [6.07, 6.45) is 0.815. The predicted octanol–water partition coefficient (Wildman–Crippen LogP) is 2.01. The number of carbonyl (C=O) groups is 1. The highest BCUT2D eigenvalue weighted by Gasteiger charge is 2.24. The van der Waals surface area contributed by atoms with Crippen molar-refractivity contribution in [2.75, 3.05) is 26.3 Å². The van der Waals surface area contributed by atoms with Crippen LogP contribution < -0.4 is 0 Å². The summed E-state index contributed by atoms with van der Waals surface area (Å²) in [5.41, 5.74) is 1.03. The Balaban J connectivity index is 1.96. The molecule has 0 bridgehead atoms. The summed E-state index contributed by atoms with van der Waals surface area (Å²) in [5.74, 6) is 0.0799. The molecule has 1 saturated heterocycles. The molecule has 2 rings (SSSR count). The fraction of sp³-hybridized carbons (Fsp3) is 0.500. The largest absolute Gasteiger partial charge is 0.396 e. The van der Waals surface area contributed by atoms with Crippen molar-refractivity contribution in [3.63, 3.8) is 0 Å². The lowest BCUT2D eigenvalue weighted by atomic mass is 10.1. The van der Waals surface area contributed by atoms with Gasteiger partial charge < -0.3 is 14.7 Å². The van der Waals surface area contributed by atoms with E-state index in [9.17, 15) is 4.79 Å². The van der Waals surface area contributed by atoms with E-state index >= 15 is 0 Å². The van der Waals surface area contributed by atoms with Crippen LogP contribution in [0.15, 0.2) is 24.3 Å². The molecule has 1 aliphatic heterocycles. The molecule has 4 nitrogen and oxygen atoms in total. The number of hydrogen-bond donors (Lipinski definition) is 1. The van der Waals surface area contributed by atoms with Gasteiger partial charge in [0.1, 0.15) is 6.10 Å². The van der Waals surface area contributed by atoms with Crippen molar-refractivity contribution in [3.8, 4) is 0 Å². The van der Waals surface area contributed by atoms with E-state index in [1.807, 2.05) is 24.3 Å². The van der Waals surface area contributed by atoms with E-state index in [1.54, 1.807) is 4.90 Å². The monoisotopic (exact) mass is 283 g/mol. The molecule has 1 aromatic rings. The summed E-state index contributed by atoms with van der Waals surface area (Å²) in [7, 11) is 0. The Labute approximate surface area is 117 Å². The highest BCUT2D eigenvalue weighted by Crippen LogP contribution is 2.24. The number of amides is 1. The van der Waals surface area contributed by atoms with E-state index in [0.29, 0.717) is 37.6 Å². The average Bonchev–Trinajstić information content (AvgIpc) is 2.45. The molecule has 1 atom stereocenters. The predicted molar refractivity (Wildman–Crippen MR) is 73.0 cm³/mol. The van der Waals surface area contributed by atoms with Crippen molar-refractivity contribution >= 4 is 17.5 Å². The highest BCUT2D eigenvalue weighted by atomic mass is 35.5. The van der Waals surface area contributed by atoms with Crippen molar-refractivity contribution in [1.82, 2.24) is 4.90 Å². The third kappa shape index (κ3) is 3.93. The van der Waals surface area contributed by atoms with Gasteiger partial charge in [0.05, 0.1) is 13.2 Å². The minimum absolute atomic E-state index is 0.0523. The van der Waals surface area contributed by atoms with Gasteiger partial charge in [0.15, 0.2) is 0 Å². The van der Waals surface area contributed by atoms with Crippen LogP contribution in [-0.4, -0.2) is 42.2 Å². The number of aliphatic hydroxyl groups excluding tert-OH is 1. The number of halogens is 1. The van der Waals surface area contributed by atoms with Gasteiger partial charge in [-0.1, -0.05) is 23.7 Å². The fourth-order valence-corrected chi connectivity index (χ4v) is 2.27. The maximum absolute atomic E-state index is 11.9. The van der Waals surface area contributed by atoms with Crippen LogP contribution in [-0.2, 0) is 9.53 Å². The van der Waals surface area contributed by atoms with Crippen LogP contribution in [0.2, 0.25) is 5.02 Å². The number of benzene rings is 1. The maximum Gasteiger partial charge on any atom is 0.222 e. The second-order valence-corrected chi connectivity index (χ2v) is 5.01. The van der Waals surface area contributed by atoms with Crippen LogP contribution in [0.1, 0.15) is 24.5 Å². The Morgan fingerprint density at radius 3 is 2.84 bits per heavy atom. The van der Waals surface area contributed by atoms with E-state index < -0.39 is 0 Å². The molecule has 0 radical (unpaired) electrons. The molecule has 0 spiro atoms. The van der Waals surface area contributed by atoms with Gasteiger partial charge in [0.2, 0.25) is 5.91 Å². The van der Waals surface area contributed by atoms with Crippen molar-refractivity contribution < 1.29 is 14.6 Å². The Hall–Kier alpha value is -1.10. The summed E-state index contributed by atoms with van der Waals surface area (Å²) in [6, 6.07) is 7.50. The standard InChI is InChI=1S/C14H18ClNO3/c15-12-5-3-11(4-6-12)13-10-16(7-9-19-13)14(18)2-1-8-17/h3-6,13,17H,1-2,7-10H2. The first-order valence-electron chi connectivity index (χ1n) is 6.46. The molecule has 1 unspecified atom stereocenters. The summed E-state index contributed by atoms with van der Waals surface area (Å²) >= 11 is 5.86. The summed E-state index contributed by atoms with van der Waals surface area (Å²) in [6.45, 7) is 1.77. The summed E-state index contributed by atoms with van der Waals surface area (Å²) < 4.78 is 5.70. The lowest BCUT2D eigenvalue weighted by molar-refractivity contribution is -0.139. The van der Waals surface area contributed by atoms with Gasteiger partial charge in [-0.05, 0) is 24.1 Å². The van der Waals surface area contributed by atoms with E-state index in [2.05, 4.69) is 0 Å². The molecule has 104 valence electrons. The van der Waals surface area contributed by atoms with Gasteiger partial charge >= 0.3 is 0 Å². The Kier molecular flexibility index (Phi) is 5.19.